The van der Waals surface area contributed by atoms with E-state index in [-0.39, 0.29) is 5.75 Å². The van der Waals surface area contributed by atoms with Crippen LogP contribution in [0.25, 0.3) is 0 Å². The van der Waals surface area contributed by atoms with E-state index in [0.717, 1.165) is 5.56 Å². The van der Waals surface area contributed by atoms with Crippen LogP contribution in [-0.2, 0) is 16.1 Å². The molecule has 0 spiro atoms. The van der Waals surface area contributed by atoms with E-state index in [1.165, 1.54) is 19.2 Å². The summed E-state index contributed by atoms with van der Waals surface area (Å²) in [5, 5.41) is 17.9. The van der Waals surface area contributed by atoms with Crippen LogP contribution in [0.2, 0.25) is 0 Å². The maximum atomic E-state index is 10.8. The van der Waals surface area contributed by atoms with Crippen LogP contribution in [0.5, 0.6) is 5.75 Å². The van der Waals surface area contributed by atoms with Gasteiger partial charge < -0.3 is 15.1 Å². The fraction of sp³-hybridized carbons (Fsp3) is 0.300. The smallest absolute Gasteiger partial charge is 0.323 e. The van der Waals surface area contributed by atoms with Crippen LogP contribution in [0.1, 0.15) is 5.56 Å². The monoisotopic (exact) mass is 211 g/mol. The largest absolute Gasteiger partial charge is 0.508 e. The summed E-state index contributed by atoms with van der Waals surface area (Å²) in [5.41, 5.74) is 3.19. The van der Waals surface area contributed by atoms with E-state index >= 15 is 0 Å². The zero-order valence-corrected chi connectivity index (χ0v) is 8.30. The van der Waals surface area contributed by atoms with Crippen molar-refractivity contribution in [3.63, 3.8) is 0 Å². The lowest BCUT2D eigenvalue weighted by atomic mass is 10.1. The Morgan fingerprint density at radius 2 is 2.07 bits per heavy atom. The second-order valence-corrected chi connectivity index (χ2v) is 3.08. The van der Waals surface area contributed by atoms with Crippen molar-refractivity contribution in [2.24, 2.45) is 0 Å². The second kappa shape index (κ2) is 5.33. The highest BCUT2D eigenvalue weighted by molar-refractivity contribution is 5.73. The Hall–Kier alpha value is -1.59. The summed E-state index contributed by atoms with van der Waals surface area (Å²) in [6.45, 7) is 0. The Morgan fingerprint density at radius 1 is 1.47 bits per heavy atom. The normalized spacial score (nSPS) is 12.3. The van der Waals surface area contributed by atoms with E-state index in [4.69, 9.17) is 10.2 Å². The first-order valence-corrected chi connectivity index (χ1v) is 4.42. The molecule has 0 saturated heterocycles. The van der Waals surface area contributed by atoms with Crippen molar-refractivity contribution in [1.29, 1.82) is 0 Å². The average Bonchev–Trinajstić information content (AvgIpc) is 2.20. The molecule has 1 atom stereocenters. The van der Waals surface area contributed by atoms with Crippen LogP contribution in [0.4, 0.5) is 0 Å². The Labute approximate surface area is 87.3 Å². The summed E-state index contributed by atoms with van der Waals surface area (Å²) in [6.07, 6.45) is 0.295. The average molecular weight is 211 g/mol. The summed E-state index contributed by atoms with van der Waals surface area (Å²) in [6, 6.07) is 5.58. The first-order valence-electron chi connectivity index (χ1n) is 4.42. The Kier molecular flexibility index (Phi) is 4.08. The van der Waals surface area contributed by atoms with E-state index < -0.39 is 12.0 Å². The molecule has 1 aromatic rings. The molecule has 5 heteroatoms. The van der Waals surface area contributed by atoms with Crippen molar-refractivity contribution >= 4 is 5.97 Å². The van der Waals surface area contributed by atoms with Gasteiger partial charge in [-0.05, 0) is 17.7 Å². The van der Waals surface area contributed by atoms with E-state index in [0.29, 0.717) is 6.42 Å². The molecule has 0 radical (unpaired) electrons. The molecular weight excluding hydrogens is 198 g/mol. The van der Waals surface area contributed by atoms with Crippen LogP contribution >= 0.6 is 0 Å². The highest BCUT2D eigenvalue weighted by Crippen LogP contribution is 2.11. The number of hydroxylamine groups is 1. The van der Waals surface area contributed by atoms with E-state index in [1.807, 2.05) is 0 Å². The third kappa shape index (κ3) is 3.57. The molecule has 0 aliphatic carbocycles. The standard InChI is InChI=1S/C10H13NO4/c1-15-11-9(10(13)14)6-7-2-4-8(12)5-3-7/h2-5,9,11-12H,6H2,1H3,(H,13,14). The van der Waals surface area contributed by atoms with Crippen LogP contribution in [0, 0.1) is 0 Å². The Bertz CT molecular complexity index is 323. The molecule has 0 amide bonds. The van der Waals surface area contributed by atoms with Gasteiger partial charge in [0.25, 0.3) is 0 Å². The third-order valence-corrected chi connectivity index (χ3v) is 1.93. The zero-order valence-electron chi connectivity index (χ0n) is 8.30. The molecule has 0 saturated carbocycles. The number of nitrogens with one attached hydrogen (secondary N) is 1. The van der Waals surface area contributed by atoms with Gasteiger partial charge in [0, 0.05) is 6.42 Å². The highest BCUT2D eigenvalue weighted by atomic mass is 16.6. The van der Waals surface area contributed by atoms with Gasteiger partial charge >= 0.3 is 5.97 Å². The van der Waals surface area contributed by atoms with Gasteiger partial charge in [0.15, 0.2) is 0 Å². The second-order valence-electron chi connectivity index (χ2n) is 3.08. The maximum absolute atomic E-state index is 10.8. The molecule has 0 bridgehead atoms. The minimum Gasteiger partial charge on any atom is -0.508 e. The molecule has 1 rings (SSSR count). The van der Waals surface area contributed by atoms with Gasteiger partial charge in [-0.15, -0.1) is 0 Å². The molecule has 0 aliphatic heterocycles. The lowest BCUT2D eigenvalue weighted by Gasteiger charge is -2.12. The number of benzene rings is 1. The molecule has 15 heavy (non-hydrogen) atoms. The van der Waals surface area contributed by atoms with Gasteiger partial charge in [0.2, 0.25) is 0 Å². The Balaban J connectivity index is 2.65. The number of carbonyl (C=O) groups is 1. The van der Waals surface area contributed by atoms with Gasteiger partial charge in [0.1, 0.15) is 11.8 Å². The minimum atomic E-state index is -0.982. The van der Waals surface area contributed by atoms with Gasteiger partial charge in [-0.1, -0.05) is 12.1 Å². The number of carboxylic acid groups (broad SMARTS) is 1. The molecule has 0 heterocycles. The number of rotatable bonds is 5. The maximum Gasteiger partial charge on any atom is 0.323 e. The number of hydrogen-bond acceptors (Lipinski definition) is 4. The molecule has 0 aliphatic rings. The minimum absolute atomic E-state index is 0.158. The number of aromatic hydroxyl groups is 1. The van der Waals surface area contributed by atoms with Gasteiger partial charge in [-0.3, -0.25) is 4.79 Å². The summed E-state index contributed by atoms with van der Waals surface area (Å²) in [7, 11) is 1.37. The van der Waals surface area contributed by atoms with Crippen molar-refractivity contribution in [2.45, 2.75) is 12.5 Å². The lowest BCUT2D eigenvalue weighted by Crippen LogP contribution is -2.37. The molecule has 1 unspecified atom stereocenters. The highest BCUT2D eigenvalue weighted by Gasteiger charge is 2.17. The van der Waals surface area contributed by atoms with E-state index in [2.05, 4.69) is 10.3 Å². The van der Waals surface area contributed by atoms with Crippen LogP contribution < -0.4 is 5.48 Å². The van der Waals surface area contributed by atoms with E-state index in [9.17, 15) is 4.79 Å². The molecule has 5 nitrogen and oxygen atoms in total. The zero-order chi connectivity index (χ0) is 11.3. The van der Waals surface area contributed by atoms with Crippen LogP contribution in [-0.4, -0.2) is 29.3 Å². The number of hydrogen-bond donors (Lipinski definition) is 3. The van der Waals surface area contributed by atoms with E-state index in [1.54, 1.807) is 12.1 Å². The molecule has 0 aromatic heterocycles. The van der Waals surface area contributed by atoms with Crippen molar-refractivity contribution in [2.75, 3.05) is 7.11 Å². The quantitative estimate of drug-likeness (QED) is 0.619. The van der Waals surface area contributed by atoms with Gasteiger partial charge in [0.05, 0.1) is 7.11 Å². The van der Waals surface area contributed by atoms with Crippen LogP contribution in [0.15, 0.2) is 24.3 Å². The van der Waals surface area contributed by atoms with Crippen LogP contribution in [0.3, 0.4) is 0 Å². The number of carboxylic acids is 1. The predicted octanol–water partition coefficient (Wildman–Crippen LogP) is 0.539. The third-order valence-electron chi connectivity index (χ3n) is 1.93. The van der Waals surface area contributed by atoms with Crippen molar-refractivity contribution in [3.8, 4) is 5.75 Å². The first kappa shape index (κ1) is 11.5. The summed E-state index contributed by atoms with van der Waals surface area (Å²) < 4.78 is 0. The van der Waals surface area contributed by atoms with Gasteiger partial charge in [-0.2, -0.15) is 5.48 Å². The topological polar surface area (TPSA) is 78.8 Å². The number of phenolic OH excluding ortho intramolecular Hbond substituents is 1. The lowest BCUT2D eigenvalue weighted by molar-refractivity contribution is -0.143. The summed E-state index contributed by atoms with van der Waals surface area (Å²) in [5.74, 6) is -0.824. The predicted molar refractivity (Wildman–Crippen MR) is 53.4 cm³/mol. The molecule has 0 fully saturated rings. The Morgan fingerprint density at radius 3 is 2.53 bits per heavy atom. The summed E-state index contributed by atoms with van der Waals surface area (Å²) in [4.78, 5) is 15.3. The number of phenols is 1. The fourth-order valence-electron chi connectivity index (χ4n) is 1.19. The van der Waals surface area contributed by atoms with Crippen molar-refractivity contribution in [1.82, 2.24) is 5.48 Å². The first-order chi connectivity index (χ1) is 7.13. The van der Waals surface area contributed by atoms with Gasteiger partial charge in [-0.25, -0.2) is 0 Å². The summed E-state index contributed by atoms with van der Waals surface area (Å²) >= 11 is 0. The van der Waals surface area contributed by atoms with Crippen molar-refractivity contribution in [3.05, 3.63) is 29.8 Å². The van der Waals surface area contributed by atoms with Crippen molar-refractivity contribution < 1.29 is 19.8 Å². The molecule has 3 N–H and O–H groups in total. The molecular formula is C10H13NO4. The molecule has 1 aromatic carbocycles. The fourth-order valence-corrected chi connectivity index (χ4v) is 1.19. The molecule has 82 valence electrons. The number of aliphatic carboxylic acids is 1. The SMILES string of the molecule is CONC(Cc1ccc(O)cc1)C(=O)O.